The van der Waals surface area contributed by atoms with Gasteiger partial charge >= 0.3 is 24.3 Å². The highest BCUT2D eigenvalue weighted by atomic mass is 32.2. The van der Waals surface area contributed by atoms with Crippen LogP contribution >= 0.6 is 0 Å². The van der Waals surface area contributed by atoms with Gasteiger partial charge in [-0.2, -0.15) is 35.1 Å². The van der Waals surface area contributed by atoms with Crippen LogP contribution in [0.3, 0.4) is 0 Å². The Morgan fingerprint density at radius 3 is 1.98 bits per heavy atom. The highest BCUT2D eigenvalue weighted by Gasteiger charge is 2.56. The number of carbonyl (C=O) groups excluding carboxylic acids is 3. The number of imide groups is 1. The summed E-state index contributed by atoms with van der Waals surface area (Å²) in [5.74, 6) is -6.10. The maximum atomic E-state index is 13.8. The Labute approximate surface area is 259 Å². The lowest BCUT2D eigenvalue weighted by Gasteiger charge is -2.27. The summed E-state index contributed by atoms with van der Waals surface area (Å²) >= 11 is 0. The normalized spacial score (nSPS) is 16.4. The van der Waals surface area contributed by atoms with Crippen molar-refractivity contribution in [2.45, 2.75) is 109 Å². The van der Waals surface area contributed by atoms with Crippen LogP contribution in [0.15, 0.2) is 18.2 Å². The quantitative estimate of drug-likeness (QED) is 0.103. The van der Waals surface area contributed by atoms with Gasteiger partial charge in [-0.25, -0.2) is 9.69 Å². The Morgan fingerprint density at radius 1 is 0.867 bits per heavy atom. The van der Waals surface area contributed by atoms with Crippen molar-refractivity contribution in [3.8, 4) is 0 Å². The van der Waals surface area contributed by atoms with Crippen molar-refractivity contribution in [3.63, 3.8) is 0 Å². The van der Waals surface area contributed by atoms with E-state index in [0.717, 1.165) is 25.3 Å². The minimum absolute atomic E-state index is 0.0414. The Kier molecular flexibility index (Phi) is 13.4. The number of rotatable bonds is 17. The minimum atomic E-state index is -5.61. The zero-order chi connectivity index (χ0) is 34.2. The number of carbonyl (C=O) groups is 3. The molecule has 7 nitrogen and oxygen atoms in total. The van der Waals surface area contributed by atoms with E-state index in [4.69, 9.17) is 0 Å². The van der Waals surface area contributed by atoms with E-state index in [2.05, 4.69) is 5.32 Å². The number of hydrogen-bond donors (Lipinski definition) is 1. The fourth-order valence-electron chi connectivity index (χ4n) is 4.81. The molecule has 0 saturated carbocycles. The first-order valence-electron chi connectivity index (χ1n) is 14.7. The van der Waals surface area contributed by atoms with Gasteiger partial charge < -0.3 is 10.2 Å². The summed E-state index contributed by atoms with van der Waals surface area (Å²) in [7, 11) is -1.48. The highest BCUT2D eigenvalue weighted by Crippen LogP contribution is 2.40. The molecule has 1 aliphatic rings. The first-order valence-corrected chi connectivity index (χ1v) is 16.2. The lowest BCUT2D eigenvalue weighted by Crippen LogP contribution is -2.44. The smallest absolute Gasteiger partial charge is 0.326 e. The zero-order valence-corrected chi connectivity index (χ0v) is 26.2. The van der Waals surface area contributed by atoms with Crippen molar-refractivity contribution in [2.75, 3.05) is 28.3 Å². The van der Waals surface area contributed by atoms with E-state index in [1.54, 1.807) is 0 Å². The van der Waals surface area contributed by atoms with E-state index < -0.39 is 76.6 Å². The number of halogens is 8. The molecule has 256 valence electrons. The molecular formula is C29H39F8N3O4S. The fourth-order valence-corrected chi connectivity index (χ4v) is 6.00. The second-order valence-corrected chi connectivity index (χ2v) is 13.1. The standard InChI is InChI=1S/C29H39F8N3O4S/c1-4-23(41)38-22-14-13-20(19-21(22)28(32,33)34)40-24(42)26(2,3)39(25(40)43)16-10-8-6-5-7-9-11-17-45(44)18-12-15-27(30,31)29(35,36)37/h13-14,19H,4-12,15-18H2,1-3H3,(H,38,41). The molecule has 1 atom stereocenters. The first-order chi connectivity index (χ1) is 20.7. The van der Waals surface area contributed by atoms with Crippen molar-refractivity contribution < 1.29 is 53.7 Å². The molecule has 4 amide bonds. The highest BCUT2D eigenvalue weighted by molar-refractivity contribution is 7.84. The summed E-state index contributed by atoms with van der Waals surface area (Å²) in [6.07, 6.45) is -7.58. The Hall–Kier alpha value is -2.78. The Bertz CT molecular complexity index is 1220. The predicted octanol–water partition coefficient (Wildman–Crippen LogP) is 8.06. The Morgan fingerprint density at radius 2 is 1.42 bits per heavy atom. The maximum absolute atomic E-state index is 13.8. The molecule has 1 heterocycles. The minimum Gasteiger partial charge on any atom is -0.326 e. The van der Waals surface area contributed by atoms with Gasteiger partial charge in [-0.05, 0) is 51.3 Å². The van der Waals surface area contributed by atoms with Gasteiger partial charge in [-0.15, -0.1) is 0 Å². The third-order valence-electron chi connectivity index (χ3n) is 7.52. The van der Waals surface area contributed by atoms with Crippen LogP contribution in [0.5, 0.6) is 0 Å². The van der Waals surface area contributed by atoms with Gasteiger partial charge in [0.1, 0.15) is 5.54 Å². The molecule has 1 saturated heterocycles. The van der Waals surface area contributed by atoms with E-state index >= 15 is 0 Å². The number of nitrogens with zero attached hydrogens (tertiary/aromatic N) is 2. The molecule has 1 aliphatic heterocycles. The van der Waals surface area contributed by atoms with Crippen molar-refractivity contribution >= 4 is 40.0 Å². The average Bonchev–Trinajstić information content (AvgIpc) is 3.09. The monoisotopic (exact) mass is 677 g/mol. The van der Waals surface area contributed by atoms with Gasteiger partial charge in [0.15, 0.2) is 0 Å². The Balaban J connectivity index is 1.80. The molecule has 0 aliphatic carbocycles. The van der Waals surface area contributed by atoms with Gasteiger partial charge in [0.05, 0.1) is 16.9 Å². The van der Waals surface area contributed by atoms with Gasteiger partial charge in [-0.3, -0.25) is 13.8 Å². The van der Waals surface area contributed by atoms with E-state index in [9.17, 15) is 53.7 Å². The maximum Gasteiger partial charge on any atom is 0.453 e. The second-order valence-electron chi connectivity index (χ2n) is 11.4. The summed E-state index contributed by atoms with van der Waals surface area (Å²) in [5, 5.41) is 2.18. The molecule has 0 spiro atoms. The van der Waals surface area contributed by atoms with Crippen molar-refractivity contribution in [1.82, 2.24) is 4.90 Å². The number of hydrogen-bond acceptors (Lipinski definition) is 4. The first kappa shape index (κ1) is 38.4. The third-order valence-corrected chi connectivity index (χ3v) is 9.00. The lowest BCUT2D eigenvalue weighted by molar-refractivity contribution is -0.284. The van der Waals surface area contributed by atoms with Crippen LogP contribution in [0, 0.1) is 0 Å². The number of urea groups is 1. The predicted molar refractivity (Wildman–Crippen MR) is 154 cm³/mol. The topological polar surface area (TPSA) is 86.8 Å². The number of amides is 4. The van der Waals surface area contributed by atoms with Crippen LogP contribution in [-0.4, -0.2) is 62.6 Å². The fraction of sp³-hybridized carbons (Fsp3) is 0.690. The van der Waals surface area contributed by atoms with Gasteiger partial charge in [0.25, 0.3) is 5.91 Å². The lowest BCUT2D eigenvalue weighted by atomic mass is 10.0. The molecule has 1 aromatic carbocycles. The summed E-state index contributed by atoms with van der Waals surface area (Å²) in [6, 6.07) is 2.11. The molecule has 16 heteroatoms. The van der Waals surface area contributed by atoms with Crippen LogP contribution in [0.2, 0.25) is 0 Å². The second kappa shape index (κ2) is 15.7. The van der Waals surface area contributed by atoms with Crippen LogP contribution < -0.4 is 10.2 Å². The van der Waals surface area contributed by atoms with Gasteiger partial charge in [-0.1, -0.05) is 39.0 Å². The molecule has 0 aromatic heterocycles. The molecule has 1 fully saturated rings. The van der Waals surface area contributed by atoms with E-state index in [1.807, 2.05) is 0 Å². The molecule has 1 aromatic rings. The molecule has 2 rings (SSSR count). The van der Waals surface area contributed by atoms with Crippen LogP contribution in [0.4, 0.5) is 51.3 Å². The zero-order valence-electron chi connectivity index (χ0n) is 25.4. The van der Waals surface area contributed by atoms with E-state index in [0.29, 0.717) is 36.6 Å². The summed E-state index contributed by atoms with van der Waals surface area (Å²) in [5.41, 5.74) is -3.23. The number of alkyl halides is 8. The number of benzene rings is 1. The van der Waals surface area contributed by atoms with E-state index in [1.165, 1.54) is 31.7 Å². The summed E-state index contributed by atoms with van der Waals surface area (Å²) < 4.78 is 116. The van der Waals surface area contributed by atoms with Crippen molar-refractivity contribution in [1.29, 1.82) is 0 Å². The number of nitrogens with one attached hydrogen (secondary N) is 1. The molecule has 45 heavy (non-hydrogen) atoms. The number of unbranched alkanes of at least 4 members (excludes halogenated alkanes) is 6. The third kappa shape index (κ3) is 10.4. The number of anilines is 2. The van der Waals surface area contributed by atoms with Crippen LogP contribution in [-0.2, 0) is 26.6 Å². The molecule has 1 unspecified atom stereocenters. The molecular weight excluding hydrogens is 638 g/mol. The van der Waals surface area contributed by atoms with Gasteiger partial charge in [0, 0.05) is 41.7 Å². The molecule has 0 radical (unpaired) electrons. The van der Waals surface area contributed by atoms with Crippen molar-refractivity contribution in [3.05, 3.63) is 23.8 Å². The largest absolute Gasteiger partial charge is 0.453 e. The summed E-state index contributed by atoms with van der Waals surface area (Å²) in [4.78, 5) is 40.1. The van der Waals surface area contributed by atoms with E-state index in [-0.39, 0.29) is 30.2 Å². The van der Waals surface area contributed by atoms with Crippen LogP contribution in [0.1, 0.15) is 90.5 Å². The molecule has 1 N–H and O–H groups in total. The SMILES string of the molecule is CCC(=O)Nc1ccc(N2C(=O)N(CCCCCCCCCS(=O)CCCC(F)(F)C(F)(F)F)C(C)(C)C2=O)cc1C(F)(F)F. The summed E-state index contributed by atoms with van der Waals surface area (Å²) in [6.45, 7) is 4.70. The average molecular weight is 678 g/mol. The van der Waals surface area contributed by atoms with Crippen LogP contribution in [0.25, 0.3) is 0 Å². The van der Waals surface area contributed by atoms with Crippen molar-refractivity contribution in [2.24, 2.45) is 0 Å². The van der Waals surface area contributed by atoms with Gasteiger partial charge in [0.2, 0.25) is 5.91 Å². The molecule has 0 bridgehead atoms.